The number of nitrogens with one attached hydrogen (secondary N) is 3. The third kappa shape index (κ3) is 7.95. The number of benzene rings is 1. The largest absolute Gasteiger partial charge is 0.360 e. The fourth-order valence-corrected chi connectivity index (χ4v) is 7.14. The SMILES string of the molecule is CNCC(CC1(I)CCCCC1)NC(=O)N1CCCC([C@@](C)(OCC(=O)NC)c2cccc(Cl)c2)C1. The van der Waals surface area contributed by atoms with E-state index >= 15 is 0 Å². The van der Waals surface area contributed by atoms with Gasteiger partial charge in [0.15, 0.2) is 0 Å². The zero-order valence-electron chi connectivity index (χ0n) is 21.9. The first-order chi connectivity index (χ1) is 17.2. The number of hydrogen-bond acceptors (Lipinski definition) is 4. The lowest BCUT2D eigenvalue weighted by molar-refractivity contribution is -0.140. The van der Waals surface area contributed by atoms with E-state index in [1.165, 1.54) is 32.1 Å². The number of halogens is 2. The number of carbonyl (C=O) groups is 2. The Morgan fingerprint density at radius 2 is 2.00 bits per heavy atom. The van der Waals surface area contributed by atoms with Gasteiger partial charge in [-0.1, -0.05) is 65.6 Å². The zero-order valence-corrected chi connectivity index (χ0v) is 24.8. The summed E-state index contributed by atoms with van der Waals surface area (Å²) in [5, 5.41) is 9.86. The predicted molar refractivity (Wildman–Crippen MR) is 154 cm³/mol. The van der Waals surface area contributed by atoms with E-state index in [1.54, 1.807) is 7.05 Å². The van der Waals surface area contributed by atoms with Gasteiger partial charge in [-0.25, -0.2) is 4.79 Å². The van der Waals surface area contributed by atoms with E-state index in [9.17, 15) is 9.59 Å². The Labute approximate surface area is 234 Å². The highest BCUT2D eigenvalue weighted by atomic mass is 127. The second-order valence-corrected chi connectivity index (χ2v) is 13.2. The van der Waals surface area contributed by atoms with Crippen molar-refractivity contribution in [3.8, 4) is 0 Å². The first kappa shape index (κ1) is 29.5. The van der Waals surface area contributed by atoms with E-state index in [1.807, 2.05) is 43.1 Å². The standard InChI is InChI=1S/C27H42ClIN4O3/c1-26(36-19-24(34)31-3,20-9-7-11-22(28)15-20)21-10-8-14-33(18-21)25(35)32-23(17-30-2)16-27(29)12-5-4-6-13-27/h7,9,11,15,21,23,30H,4-6,8,10,12-14,16-19H2,1-3H3,(H,31,34)(H,32,35)/t21?,23?,26-/m0/s1. The van der Waals surface area contributed by atoms with Gasteiger partial charge in [-0.15, -0.1) is 0 Å². The van der Waals surface area contributed by atoms with Crippen molar-refractivity contribution in [1.82, 2.24) is 20.9 Å². The number of amides is 3. The summed E-state index contributed by atoms with van der Waals surface area (Å²) in [5.74, 6) is -0.156. The molecule has 36 heavy (non-hydrogen) atoms. The molecule has 1 heterocycles. The second-order valence-electron chi connectivity index (χ2n) is 10.5. The highest BCUT2D eigenvalue weighted by Gasteiger charge is 2.41. The Kier molecular flexibility index (Phi) is 11.1. The van der Waals surface area contributed by atoms with Gasteiger partial charge in [-0.3, -0.25) is 4.79 Å². The molecule has 0 spiro atoms. The van der Waals surface area contributed by atoms with Crippen molar-refractivity contribution >= 4 is 46.1 Å². The molecule has 1 aromatic carbocycles. The van der Waals surface area contributed by atoms with E-state index in [4.69, 9.17) is 16.3 Å². The molecule has 2 unspecified atom stereocenters. The maximum atomic E-state index is 13.5. The molecule has 1 aromatic rings. The van der Waals surface area contributed by atoms with Crippen LogP contribution >= 0.6 is 34.2 Å². The van der Waals surface area contributed by atoms with Crippen LogP contribution in [0.5, 0.6) is 0 Å². The number of alkyl halides is 1. The Morgan fingerprint density at radius 1 is 1.25 bits per heavy atom. The molecule has 7 nitrogen and oxygen atoms in total. The normalized spacial score (nSPS) is 22.4. The monoisotopic (exact) mass is 632 g/mol. The number of ether oxygens (including phenoxy) is 1. The fourth-order valence-electron chi connectivity index (χ4n) is 5.65. The van der Waals surface area contributed by atoms with E-state index in [0.717, 1.165) is 31.4 Å². The molecule has 0 aromatic heterocycles. The minimum atomic E-state index is -0.755. The number of likely N-dealkylation sites (tertiary alicyclic amines) is 1. The summed E-state index contributed by atoms with van der Waals surface area (Å²) in [7, 11) is 3.54. The lowest BCUT2D eigenvalue weighted by atomic mass is 9.78. The van der Waals surface area contributed by atoms with Crippen molar-refractivity contribution in [3.63, 3.8) is 0 Å². The van der Waals surface area contributed by atoms with Gasteiger partial charge >= 0.3 is 6.03 Å². The quantitative estimate of drug-likeness (QED) is 0.254. The summed E-state index contributed by atoms with van der Waals surface area (Å²) in [6.45, 7) is 3.99. The minimum absolute atomic E-state index is 0.0181. The van der Waals surface area contributed by atoms with Crippen molar-refractivity contribution < 1.29 is 14.3 Å². The number of urea groups is 1. The number of rotatable bonds is 10. The van der Waals surface area contributed by atoms with Gasteiger partial charge in [-0.2, -0.15) is 0 Å². The van der Waals surface area contributed by atoms with Gasteiger partial charge in [0.1, 0.15) is 6.61 Å². The van der Waals surface area contributed by atoms with Crippen molar-refractivity contribution in [1.29, 1.82) is 0 Å². The maximum absolute atomic E-state index is 13.5. The van der Waals surface area contributed by atoms with E-state index in [2.05, 4.69) is 38.5 Å². The first-order valence-electron chi connectivity index (χ1n) is 13.2. The van der Waals surface area contributed by atoms with Gasteiger partial charge in [0, 0.05) is 47.1 Å². The van der Waals surface area contributed by atoms with E-state index in [0.29, 0.717) is 18.1 Å². The minimum Gasteiger partial charge on any atom is -0.360 e. The molecule has 3 N–H and O–H groups in total. The summed E-state index contributed by atoms with van der Waals surface area (Å²) in [5.41, 5.74) is 0.165. The summed E-state index contributed by atoms with van der Waals surface area (Å²) in [6, 6.07) is 7.69. The van der Waals surface area contributed by atoms with Crippen LogP contribution in [-0.4, -0.2) is 66.6 Å². The molecule has 1 saturated carbocycles. The average Bonchev–Trinajstić information content (AvgIpc) is 2.87. The molecule has 1 aliphatic heterocycles. The molecular weight excluding hydrogens is 591 g/mol. The van der Waals surface area contributed by atoms with Gasteiger partial charge in [0.25, 0.3) is 0 Å². The highest BCUT2D eigenvalue weighted by Crippen LogP contribution is 2.41. The van der Waals surface area contributed by atoms with Crippen molar-refractivity contribution in [3.05, 3.63) is 34.9 Å². The molecule has 9 heteroatoms. The molecule has 3 rings (SSSR count). The molecule has 202 valence electrons. The lowest BCUT2D eigenvalue weighted by Gasteiger charge is -2.44. The summed E-state index contributed by atoms with van der Waals surface area (Å²) in [4.78, 5) is 27.4. The predicted octanol–water partition coefficient (Wildman–Crippen LogP) is 4.86. The Bertz CT molecular complexity index is 882. The molecule has 2 aliphatic rings. The van der Waals surface area contributed by atoms with Crippen molar-refractivity contribution in [2.45, 2.75) is 73.4 Å². The third-order valence-corrected chi connectivity index (χ3v) is 9.56. The topological polar surface area (TPSA) is 82.7 Å². The third-order valence-electron chi connectivity index (χ3n) is 7.81. The zero-order chi connectivity index (χ0) is 26.2. The summed E-state index contributed by atoms with van der Waals surface area (Å²) in [6.07, 6.45) is 9.06. The van der Waals surface area contributed by atoms with E-state index < -0.39 is 5.60 Å². The molecule has 2 fully saturated rings. The van der Waals surface area contributed by atoms with Gasteiger partial charge in [0.05, 0.1) is 5.60 Å². The number of piperidine rings is 1. The van der Waals surface area contributed by atoms with Gasteiger partial charge in [0.2, 0.25) is 5.91 Å². The van der Waals surface area contributed by atoms with Crippen LogP contribution in [0, 0.1) is 5.92 Å². The summed E-state index contributed by atoms with van der Waals surface area (Å²) < 4.78 is 6.54. The second kappa shape index (κ2) is 13.6. The molecule has 0 bridgehead atoms. The smallest absolute Gasteiger partial charge is 0.317 e. The number of nitrogens with zero attached hydrogens (tertiary/aromatic N) is 1. The number of likely N-dealkylation sites (N-methyl/N-ethyl adjacent to an activating group) is 2. The Hall–Kier alpha value is -1.10. The number of carbonyl (C=O) groups excluding carboxylic acids is 2. The maximum Gasteiger partial charge on any atom is 0.317 e. The van der Waals surface area contributed by atoms with Crippen LogP contribution in [0.15, 0.2) is 24.3 Å². The van der Waals surface area contributed by atoms with E-state index in [-0.39, 0.29) is 33.9 Å². The molecular formula is C27H42ClIN4O3. The number of hydrogen-bond donors (Lipinski definition) is 3. The van der Waals surface area contributed by atoms with Crippen LogP contribution < -0.4 is 16.0 Å². The Balaban J connectivity index is 1.72. The summed E-state index contributed by atoms with van der Waals surface area (Å²) >= 11 is 8.95. The molecule has 1 aliphatic carbocycles. The van der Waals surface area contributed by atoms with Crippen molar-refractivity contribution in [2.75, 3.05) is 40.3 Å². The van der Waals surface area contributed by atoms with Crippen LogP contribution in [0.2, 0.25) is 5.02 Å². The fraction of sp³-hybridized carbons (Fsp3) is 0.704. The van der Waals surface area contributed by atoms with Crippen LogP contribution in [-0.2, 0) is 15.1 Å². The Morgan fingerprint density at radius 3 is 2.67 bits per heavy atom. The molecule has 3 atom stereocenters. The highest BCUT2D eigenvalue weighted by molar-refractivity contribution is 14.1. The molecule has 3 amide bonds. The average molecular weight is 633 g/mol. The van der Waals surface area contributed by atoms with Crippen LogP contribution in [0.1, 0.15) is 63.9 Å². The first-order valence-corrected chi connectivity index (χ1v) is 14.6. The van der Waals surface area contributed by atoms with Crippen molar-refractivity contribution in [2.24, 2.45) is 5.92 Å². The molecule has 1 saturated heterocycles. The molecule has 0 radical (unpaired) electrons. The van der Waals surface area contributed by atoms with Crippen LogP contribution in [0.25, 0.3) is 0 Å². The van der Waals surface area contributed by atoms with Crippen LogP contribution in [0.4, 0.5) is 4.79 Å². The van der Waals surface area contributed by atoms with Gasteiger partial charge < -0.3 is 25.6 Å². The van der Waals surface area contributed by atoms with Gasteiger partial charge in [-0.05, 0) is 63.8 Å². The van der Waals surface area contributed by atoms with Crippen LogP contribution in [0.3, 0.4) is 0 Å². The lowest BCUT2D eigenvalue weighted by Crippen LogP contribution is -2.54.